The Balaban J connectivity index is 1.62. The molecule has 0 bridgehead atoms. The van der Waals surface area contributed by atoms with Crippen LogP contribution in [0.25, 0.3) is 5.76 Å². The molecule has 174 valence electrons. The minimum absolute atomic E-state index is 0.0329. The van der Waals surface area contributed by atoms with Gasteiger partial charge in [-0.15, -0.1) is 0 Å². The average Bonchev–Trinajstić information content (AvgIpc) is 3.46. The van der Waals surface area contributed by atoms with Gasteiger partial charge in [-0.05, 0) is 47.4 Å². The molecule has 7 nitrogen and oxygen atoms in total. The normalized spacial score (nSPS) is 19.1. The van der Waals surface area contributed by atoms with Crippen LogP contribution < -0.4 is 9.47 Å². The van der Waals surface area contributed by atoms with Crippen molar-refractivity contribution in [1.29, 1.82) is 0 Å². The molecule has 2 aromatic carbocycles. The van der Waals surface area contributed by atoms with E-state index < -0.39 is 17.7 Å². The van der Waals surface area contributed by atoms with E-state index in [0.29, 0.717) is 42.0 Å². The standard InChI is InChI=1S/C27H25NO6/c1-16(2)17-5-7-18(8-6-17)24-23(26(30)27(31)28(24)15-20-4-3-11-32-20)25(29)19-9-10-21-22(14-19)34-13-12-33-21/h3-11,14,16,24,29H,12-13,15H2,1-2H3/b25-23+. The van der Waals surface area contributed by atoms with Crippen molar-refractivity contribution in [3.05, 3.63) is 88.9 Å². The fourth-order valence-corrected chi connectivity index (χ4v) is 4.37. The van der Waals surface area contributed by atoms with Gasteiger partial charge in [0.2, 0.25) is 0 Å². The zero-order chi connectivity index (χ0) is 23.8. The molecule has 7 heteroatoms. The van der Waals surface area contributed by atoms with Crippen molar-refractivity contribution >= 4 is 17.4 Å². The third-order valence-electron chi connectivity index (χ3n) is 6.18. The second-order valence-electron chi connectivity index (χ2n) is 8.69. The van der Waals surface area contributed by atoms with Gasteiger partial charge in [-0.25, -0.2) is 0 Å². The monoisotopic (exact) mass is 459 g/mol. The number of carbonyl (C=O) groups excluding carboxylic acids is 2. The Morgan fingerprint density at radius 2 is 1.76 bits per heavy atom. The van der Waals surface area contributed by atoms with E-state index in [1.54, 1.807) is 30.3 Å². The maximum atomic E-state index is 13.2. The molecule has 0 radical (unpaired) electrons. The van der Waals surface area contributed by atoms with Crippen LogP contribution in [0.1, 0.15) is 48.3 Å². The first kappa shape index (κ1) is 21.8. The zero-order valence-corrected chi connectivity index (χ0v) is 19.0. The number of carbonyl (C=O) groups is 2. The number of furan rings is 1. The van der Waals surface area contributed by atoms with Gasteiger partial charge >= 0.3 is 0 Å². The predicted octanol–water partition coefficient (Wildman–Crippen LogP) is 4.80. The van der Waals surface area contributed by atoms with Gasteiger partial charge < -0.3 is 23.9 Å². The molecule has 1 amide bonds. The summed E-state index contributed by atoms with van der Waals surface area (Å²) in [5, 5.41) is 11.3. The van der Waals surface area contributed by atoms with Crippen molar-refractivity contribution in [2.45, 2.75) is 32.4 Å². The summed E-state index contributed by atoms with van der Waals surface area (Å²) in [6, 6.07) is 15.5. The Morgan fingerprint density at radius 1 is 1.03 bits per heavy atom. The number of amides is 1. The molecule has 3 aromatic rings. The molecule has 2 aliphatic rings. The van der Waals surface area contributed by atoms with E-state index in [4.69, 9.17) is 13.9 Å². The largest absolute Gasteiger partial charge is 0.507 e. The Labute approximate surface area is 197 Å². The number of fused-ring (bicyclic) bond motifs is 1. The molecule has 0 saturated carbocycles. The van der Waals surface area contributed by atoms with E-state index in [9.17, 15) is 14.7 Å². The second-order valence-corrected chi connectivity index (χ2v) is 8.69. The molecule has 1 N–H and O–H groups in total. The summed E-state index contributed by atoms with van der Waals surface area (Å²) in [7, 11) is 0. The molecule has 1 saturated heterocycles. The minimum Gasteiger partial charge on any atom is -0.507 e. The summed E-state index contributed by atoms with van der Waals surface area (Å²) in [5.41, 5.74) is 2.28. The first-order valence-corrected chi connectivity index (χ1v) is 11.2. The lowest BCUT2D eigenvalue weighted by molar-refractivity contribution is -0.140. The Morgan fingerprint density at radius 3 is 2.44 bits per heavy atom. The lowest BCUT2D eigenvalue weighted by Gasteiger charge is -2.25. The van der Waals surface area contributed by atoms with Crippen LogP contribution in [0.4, 0.5) is 0 Å². The van der Waals surface area contributed by atoms with Crippen LogP contribution in [0.15, 0.2) is 70.9 Å². The molecular weight excluding hydrogens is 434 g/mol. The van der Waals surface area contributed by atoms with Crippen LogP contribution in [0.2, 0.25) is 0 Å². The second kappa shape index (κ2) is 8.74. The number of rotatable bonds is 5. The number of likely N-dealkylation sites (tertiary alicyclic amines) is 1. The minimum atomic E-state index is -0.764. The van der Waals surface area contributed by atoms with Gasteiger partial charge in [-0.3, -0.25) is 9.59 Å². The fraction of sp³-hybridized carbons (Fsp3) is 0.259. The van der Waals surface area contributed by atoms with E-state index in [2.05, 4.69) is 13.8 Å². The van der Waals surface area contributed by atoms with E-state index in [1.807, 2.05) is 24.3 Å². The van der Waals surface area contributed by atoms with Crippen molar-refractivity contribution in [2.24, 2.45) is 0 Å². The van der Waals surface area contributed by atoms with Crippen molar-refractivity contribution in [1.82, 2.24) is 4.90 Å². The highest BCUT2D eigenvalue weighted by atomic mass is 16.6. The quantitative estimate of drug-likeness (QED) is 0.335. The number of aliphatic hydroxyl groups is 1. The molecule has 0 spiro atoms. The van der Waals surface area contributed by atoms with Crippen LogP contribution in [0, 0.1) is 0 Å². The van der Waals surface area contributed by atoms with Crippen LogP contribution in [0.3, 0.4) is 0 Å². The number of benzene rings is 2. The average molecular weight is 459 g/mol. The van der Waals surface area contributed by atoms with Crippen molar-refractivity contribution in [3.63, 3.8) is 0 Å². The van der Waals surface area contributed by atoms with Gasteiger partial charge in [0.25, 0.3) is 11.7 Å². The highest BCUT2D eigenvalue weighted by Crippen LogP contribution is 2.42. The van der Waals surface area contributed by atoms with Crippen LogP contribution in [-0.4, -0.2) is 34.9 Å². The van der Waals surface area contributed by atoms with Crippen molar-refractivity contribution < 1.29 is 28.6 Å². The number of ketones is 1. The number of hydrogen-bond acceptors (Lipinski definition) is 6. The zero-order valence-electron chi connectivity index (χ0n) is 19.0. The Kier molecular flexibility index (Phi) is 5.61. The number of hydrogen-bond donors (Lipinski definition) is 1. The van der Waals surface area contributed by atoms with Crippen molar-refractivity contribution in [3.8, 4) is 11.5 Å². The molecule has 2 aliphatic heterocycles. The van der Waals surface area contributed by atoms with E-state index in [-0.39, 0.29) is 17.9 Å². The summed E-state index contributed by atoms with van der Waals surface area (Å²) < 4.78 is 16.6. The Bertz CT molecular complexity index is 1260. The third kappa shape index (κ3) is 3.83. The van der Waals surface area contributed by atoms with Gasteiger partial charge in [0.05, 0.1) is 24.4 Å². The molecule has 0 aliphatic carbocycles. The smallest absolute Gasteiger partial charge is 0.296 e. The molecular formula is C27H25NO6. The summed E-state index contributed by atoms with van der Waals surface area (Å²) in [6.07, 6.45) is 1.52. The molecule has 3 heterocycles. The summed E-state index contributed by atoms with van der Waals surface area (Å²) >= 11 is 0. The van der Waals surface area contributed by atoms with Crippen molar-refractivity contribution in [2.75, 3.05) is 13.2 Å². The number of Topliss-reactive ketones (excluding diaryl/α,β-unsaturated/α-hetero) is 1. The third-order valence-corrected chi connectivity index (χ3v) is 6.18. The first-order chi connectivity index (χ1) is 16.4. The molecule has 1 unspecified atom stereocenters. The van der Waals surface area contributed by atoms with Crippen LogP contribution >= 0.6 is 0 Å². The van der Waals surface area contributed by atoms with Crippen LogP contribution in [0.5, 0.6) is 11.5 Å². The molecule has 1 fully saturated rings. The maximum absolute atomic E-state index is 13.2. The summed E-state index contributed by atoms with van der Waals surface area (Å²) in [6.45, 7) is 5.14. The van der Waals surface area contributed by atoms with Gasteiger partial charge in [0.1, 0.15) is 24.7 Å². The summed E-state index contributed by atoms with van der Waals surface area (Å²) in [5.74, 6) is 0.256. The highest BCUT2D eigenvalue weighted by molar-refractivity contribution is 6.46. The fourth-order valence-electron chi connectivity index (χ4n) is 4.37. The molecule has 1 atom stereocenters. The van der Waals surface area contributed by atoms with Gasteiger partial charge in [-0.1, -0.05) is 38.1 Å². The lowest BCUT2D eigenvalue weighted by atomic mass is 9.93. The summed E-state index contributed by atoms with van der Waals surface area (Å²) in [4.78, 5) is 27.8. The van der Waals surface area contributed by atoms with Gasteiger partial charge in [0.15, 0.2) is 11.5 Å². The van der Waals surface area contributed by atoms with E-state index in [0.717, 1.165) is 11.1 Å². The number of aliphatic hydroxyl groups excluding tert-OH is 1. The van der Waals surface area contributed by atoms with Gasteiger partial charge in [-0.2, -0.15) is 0 Å². The molecule has 5 rings (SSSR count). The molecule has 1 aromatic heterocycles. The van der Waals surface area contributed by atoms with E-state index >= 15 is 0 Å². The number of nitrogens with zero attached hydrogens (tertiary/aromatic N) is 1. The maximum Gasteiger partial charge on any atom is 0.296 e. The first-order valence-electron chi connectivity index (χ1n) is 11.2. The molecule has 34 heavy (non-hydrogen) atoms. The SMILES string of the molecule is CC(C)c1ccc(C2/C(=C(\O)c3ccc4c(c3)OCCO4)C(=O)C(=O)N2Cc2ccco2)cc1. The van der Waals surface area contributed by atoms with E-state index in [1.165, 1.54) is 11.2 Å². The lowest BCUT2D eigenvalue weighted by Crippen LogP contribution is -2.29. The Hall–Kier alpha value is -4.00. The highest BCUT2D eigenvalue weighted by Gasteiger charge is 2.46. The predicted molar refractivity (Wildman–Crippen MR) is 125 cm³/mol. The van der Waals surface area contributed by atoms with Gasteiger partial charge in [0, 0.05) is 5.56 Å². The topological polar surface area (TPSA) is 89.2 Å². The number of ether oxygens (including phenoxy) is 2. The van der Waals surface area contributed by atoms with Crippen LogP contribution in [-0.2, 0) is 16.1 Å².